The van der Waals surface area contributed by atoms with Gasteiger partial charge in [0.25, 0.3) is 0 Å². The summed E-state index contributed by atoms with van der Waals surface area (Å²) in [4.78, 5) is 2.47. The first-order valence-corrected chi connectivity index (χ1v) is 6.79. The predicted molar refractivity (Wildman–Crippen MR) is 75.4 cm³/mol. The van der Waals surface area contributed by atoms with Crippen molar-refractivity contribution in [3.8, 4) is 11.5 Å². The van der Waals surface area contributed by atoms with Crippen LogP contribution in [0.4, 0.5) is 0 Å². The minimum Gasteiger partial charge on any atom is -0.504 e. The van der Waals surface area contributed by atoms with Crippen molar-refractivity contribution in [2.24, 2.45) is 0 Å². The molecule has 0 amide bonds. The maximum absolute atomic E-state index is 9.72. The van der Waals surface area contributed by atoms with Crippen molar-refractivity contribution in [1.29, 1.82) is 0 Å². The lowest BCUT2D eigenvalue weighted by atomic mass is 10.1. The van der Waals surface area contributed by atoms with Gasteiger partial charge in [0.15, 0.2) is 11.5 Å². The molecule has 0 aromatic heterocycles. The Kier molecular flexibility index (Phi) is 6.58. The van der Waals surface area contributed by atoms with Crippen molar-refractivity contribution >= 4 is 0 Å². The van der Waals surface area contributed by atoms with Gasteiger partial charge in [0.2, 0.25) is 0 Å². The molecule has 0 radical (unpaired) electrons. The van der Waals surface area contributed by atoms with Gasteiger partial charge in [-0.15, -0.1) is 0 Å². The van der Waals surface area contributed by atoms with Gasteiger partial charge in [-0.25, -0.2) is 0 Å². The molecular weight excluding hydrogens is 226 g/mol. The van der Waals surface area contributed by atoms with E-state index in [1.807, 2.05) is 12.1 Å². The molecule has 3 nitrogen and oxygen atoms in total. The highest BCUT2D eigenvalue weighted by Gasteiger charge is 2.05. The van der Waals surface area contributed by atoms with E-state index < -0.39 is 0 Å². The Morgan fingerprint density at radius 2 is 1.78 bits per heavy atom. The smallest absolute Gasteiger partial charge is 0.160 e. The molecule has 0 atom stereocenters. The molecule has 18 heavy (non-hydrogen) atoms. The van der Waals surface area contributed by atoms with E-state index in [9.17, 15) is 5.11 Å². The molecular formula is C15H25NO2. The van der Waals surface area contributed by atoms with Crippen molar-refractivity contribution in [2.45, 2.75) is 33.1 Å². The van der Waals surface area contributed by atoms with Crippen LogP contribution in [0.5, 0.6) is 11.5 Å². The molecule has 0 unspecified atom stereocenters. The van der Waals surface area contributed by atoms with Crippen LogP contribution in [-0.4, -0.2) is 36.8 Å². The van der Waals surface area contributed by atoms with Gasteiger partial charge in [-0.3, -0.25) is 0 Å². The number of phenols is 1. The normalized spacial score (nSPS) is 10.9. The first kappa shape index (κ1) is 14.8. The van der Waals surface area contributed by atoms with E-state index in [0.717, 1.165) is 31.6 Å². The van der Waals surface area contributed by atoms with Crippen LogP contribution in [0.1, 0.15) is 32.3 Å². The topological polar surface area (TPSA) is 32.7 Å². The van der Waals surface area contributed by atoms with Crippen molar-refractivity contribution in [1.82, 2.24) is 4.90 Å². The summed E-state index contributed by atoms with van der Waals surface area (Å²) in [5, 5.41) is 9.72. The standard InChI is InChI=1S/C15H25NO2/c1-4-9-16(10-5-2)11-8-13-6-7-15(18-3)14(17)12-13/h6-7,12,17H,4-5,8-11H2,1-3H3. The second kappa shape index (κ2) is 7.98. The van der Waals surface area contributed by atoms with Crippen LogP contribution in [0.25, 0.3) is 0 Å². The molecule has 0 heterocycles. The first-order valence-electron chi connectivity index (χ1n) is 6.79. The van der Waals surface area contributed by atoms with E-state index in [1.54, 1.807) is 13.2 Å². The summed E-state index contributed by atoms with van der Waals surface area (Å²) >= 11 is 0. The van der Waals surface area contributed by atoms with Gasteiger partial charge >= 0.3 is 0 Å². The summed E-state index contributed by atoms with van der Waals surface area (Å²) in [6.07, 6.45) is 3.35. The lowest BCUT2D eigenvalue weighted by molar-refractivity contribution is 0.278. The summed E-state index contributed by atoms with van der Waals surface area (Å²) in [7, 11) is 1.57. The van der Waals surface area contributed by atoms with Gasteiger partial charge in [-0.2, -0.15) is 0 Å². The van der Waals surface area contributed by atoms with E-state index in [4.69, 9.17) is 4.74 Å². The van der Waals surface area contributed by atoms with Gasteiger partial charge in [-0.1, -0.05) is 19.9 Å². The van der Waals surface area contributed by atoms with Crippen LogP contribution >= 0.6 is 0 Å². The fourth-order valence-electron chi connectivity index (χ4n) is 2.15. The molecule has 0 saturated heterocycles. The van der Waals surface area contributed by atoms with Crippen LogP contribution in [0.2, 0.25) is 0 Å². The van der Waals surface area contributed by atoms with E-state index >= 15 is 0 Å². The van der Waals surface area contributed by atoms with E-state index in [0.29, 0.717) is 5.75 Å². The molecule has 0 aliphatic heterocycles. The minimum atomic E-state index is 0.229. The summed E-state index contributed by atoms with van der Waals surface area (Å²) in [5.74, 6) is 0.769. The van der Waals surface area contributed by atoms with Crippen molar-refractivity contribution < 1.29 is 9.84 Å². The monoisotopic (exact) mass is 251 g/mol. The Bertz CT molecular complexity index is 346. The van der Waals surface area contributed by atoms with Gasteiger partial charge in [-0.05, 0) is 50.0 Å². The highest BCUT2D eigenvalue weighted by molar-refractivity contribution is 5.41. The molecule has 3 heteroatoms. The number of phenolic OH excluding ortho intramolecular Hbond substituents is 1. The Morgan fingerprint density at radius 3 is 2.28 bits per heavy atom. The summed E-state index contributed by atoms with van der Waals surface area (Å²) in [5.41, 5.74) is 1.16. The highest BCUT2D eigenvalue weighted by Crippen LogP contribution is 2.26. The molecule has 0 fully saturated rings. The summed E-state index contributed by atoms with van der Waals surface area (Å²) in [6.45, 7) is 7.77. The Hall–Kier alpha value is -1.22. The van der Waals surface area contributed by atoms with E-state index in [2.05, 4.69) is 18.7 Å². The average Bonchev–Trinajstić information content (AvgIpc) is 2.36. The lowest BCUT2D eigenvalue weighted by Gasteiger charge is -2.20. The van der Waals surface area contributed by atoms with Crippen LogP contribution < -0.4 is 4.74 Å². The zero-order chi connectivity index (χ0) is 13.4. The van der Waals surface area contributed by atoms with Gasteiger partial charge in [0, 0.05) is 6.54 Å². The third-order valence-corrected chi connectivity index (χ3v) is 3.04. The van der Waals surface area contributed by atoms with Crippen LogP contribution in [-0.2, 0) is 6.42 Å². The van der Waals surface area contributed by atoms with E-state index in [1.165, 1.54) is 12.8 Å². The van der Waals surface area contributed by atoms with Crippen molar-refractivity contribution in [3.63, 3.8) is 0 Å². The second-order valence-electron chi connectivity index (χ2n) is 4.60. The van der Waals surface area contributed by atoms with Gasteiger partial charge < -0.3 is 14.7 Å². The molecule has 0 aliphatic carbocycles. The molecule has 0 spiro atoms. The molecule has 0 saturated carbocycles. The van der Waals surface area contributed by atoms with Gasteiger partial charge in [0.1, 0.15) is 0 Å². The SMILES string of the molecule is CCCN(CCC)CCc1ccc(OC)c(O)c1. The molecule has 1 N–H and O–H groups in total. The average molecular weight is 251 g/mol. The molecule has 0 aliphatic rings. The molecule has 1 aromatic rings. The Morgan fingerprint density at radius 1 is 1.11 bits per heavy atom. The summed E-state index contributed by atoms with van der Waals surface area (Å²) < 4.78 is 5.04. The van der Waals surface area contributed by atoms with Crippen LogP contribution in [0, 0.1) is 0 Å². The Balaban J connectivity index is 2.53. The number of aromatic hydroxyl groups is 1. The highest BCUT2D eigenvalue weighted by atomic mass is 16.5. The fraction of sp³-hybridized carbons (Fsp3) is 0.600. The lowest BCUT2D eigenvalue weighted by Crippen LogP contribution is -2.27. The zero-order valence-corrected chi connectivity index (χ0v) is 11.8. The number of benzene rings is 1. The number of hydrogen-bond donors (Lipinski definition) is 1. The van der Waals surface area contributed by atoms with Crippen molar-refractivity contribution in [3.05, 3.63) is 23.8 Å². The number of rotatable bonds is 8. The zero-order valence-electron chi connectivity index (χ0n) is 11.8. The fourth-order valence-corrected chi connectivity index (χ4v) is 2.15. The van der Waals surface area contributed by atoms with Crippen molar-refractivity contribution in [2.75, 3.05) is 26.7 Å². The number of ether oxygens (including phenoxy) is 1. The van der Waals surface area contributed by atoms with Gasteiger partial charge in [0.05, 0.1) is 7.11 Å². The first-order chi connectivity index (χ1) is 8.71. The molecule has 0 bridgehead atoms. The molecule has 1 rings (SSSR count). The number of methoxy groups -OCH3 is 1. The number of hydrogen-bond acceptors (Lipinski definition) is 3. The minimum absolute atomic E-state index is 0.229. The third-order valence-electron chi connectivity index (χ3n) is 3.04. The second-order valence-corrected chi connectivity index (χ2v) is 4.60. The van der Waals surface area contributed by atoms with Crippen LogP contribution in [0.15, 0.2) is 18.2 Å². The molecule has 1 aromatic carbocycles. The predicted octanol–water partition coefficient (Wildman–Crippen LogP) is 3.07. The van der Waals surface area contributed by atoms with Crippen LogP contribution in [0.3, 0.4) is 0 Å². The quantitative estimate of drug-likeness (QED) is 0.770. The molecule has 102 valence electrons. The maximum atomic E-state index is 9.72. The largest absolute Gasteiger partial charge is 0.504 e. The third kappa shape index (κ3) is 4.57. The van der Waals surface area contributed by atoms with E-state index in [-0.39, 0.29) is 5.75 Å². The maximum Gasteiger partial charge on any atom is 0.160 e. The number of nitrogens with zero attached hydrogens (tertiary/aromatic N) is 1. The summed E-state index contributed by atoms with van der Waals surface area (Å²) in [6, 6.07) is 5.65. The Labute approximate surface area is 110 Å².